The van der Waals surface area contributed by atoms with Crippen molar-refractivity contribution in [2.75, 3.05) is 0 Å². The molecule has 0 aliphatic carbocycles. The summed E-state index contributed by atoms with van der Waals surface area (Å²) in [6.45, 7) is 1.84. The van der Waals surface area contributed by atoms with Crippen LogP contribution >= 0.6 is 12.2 Å². The fourth-order valence-electron chi connectivity index (χ4n) is 1.77. The summed E-state index contributed by atoms with van der Waals surface area (Å²) in [6.07, 6.45) is -0.967. The van der Waals surface area contributed by atoms with Crippen molar-refractivity contribution in [1.82, 2.24) is 14.5 Å². The van der Waals surface area contributed by atoms with Crippen LogP contribution in [0.1, 0.15) is 24.0 Å². The fraction of sp³-hybridized carbons (Fsp3) is 0.250. The van der Waals surface area contributed by atoms with E-state index in [1.54, 1.807) is 0 Å². The number of pyridine rings is 1. The highest BCUT2D eigenvalue weighted by atomic mass is 32.1. The zero-order valence-corrected chi connectivity index (χ0v) is 11.3. The van der Waals surface area contributed by atoms with Crippen molar-refractivity contribution < 1.29 is 13.2 Å². The van der Waals surface area contributed by atoms with Gasteiger partial charge in [-0.3, -0.25) is 4.57 Å². The first-order valence-corrected chi connectivity index (χ1v) is 6.16. The van der Waals surface area contributed by atoms with Gasteiger partial charge in [-0.15, -0.1) is 0 Å². The Morgan fingerprint density at radius 3 is 2.65 bits per heavy atom. The van der Waals surface area contributed by atoms with Crippen molar-refractivity contribution in [3.63, 3.8) is 0 Å². The van der Waals surface area contributed by atoms with Crippen LogP contribution in [0.2, 0.25) is 0 Å². The van der Waals surface area contributed by atoms with E-state index in [1.165, 1.54) is 23.0 Å². The number of nitrogens with two attached hydrogens (primary N) is 1. The Kier molecular flexibility index (Phi) is 3.76. The van der Waals surface area contributed by atoms with E-state index < -0.39 is 11.9 Å². The van der Waals surface area contributed by atoms with Crippen molar-refractivity contribution >= 4 is 17.2 Å². The van der Waals surface area contributed by atoms with Gasteiger partial charge < -0.3 is 5.73 Å². The first-order valence-electron chi connectivity index (χ1n) is 5.75. The molecule has 0 aliphatic heterocycles. The number of thiocarbonyl (C=S) groups is 1. The number of rotatable bonds is 3. The summed E-state index contributed by atoms with van der Waals surface area (Å²) in [4.78, 5) is 7.69. The normalized spacial score (nSPS) is 11.6. The Morgan fingerprint density at radius 2 is 2.10 bits per heavy atom. The van der Waals surface area contributed by atoms with Crippen LogP contribution in [0.15, 0.2) is 24.5 Å². The van der Waals surface area contributed by atoms with Gasteiger partial charge in [-0.25, -0.2) is 9.97 Å². The molecule has 4 nitrogen and oxygen atoms in total. The zero-order valence-electron chi connectivity index (χ0n) is 10.5. The molecule has 2 N–H and O–H groups in total. The third-order valence-electron chi connectivity index (χ3n) is 2.69. The lowest BCUT2D eigenvalue weighted by Crippen LogP contribution is -2.18. The Balaban J connectivity index is 2.68. The minimum atomic E-state index is -4.53. The van der Waals surface area contributed by atoms with Gasteiger partial charge in [-0.2, -0.15) is 13.2 Å². The molecular weight excluding hydrogens is 289 g/mol. The SMILES string of the molecule is CCc1nccn1-c1nc(C(F)(F)F)ccc1C(N)=S. The second-order valence-corrected chi connectivity index (χ2v) is 4.44. The molecule has 2 aromatic heterocycles. The Morgan fingerprint density at radius 1 is 1.40 bits per heavy atom. The van der Waals surface area contributed by atoms with Gasteiger partial charge >= 0.3 is 6.18 Å². The second-order valence-electron chi connectivity index (χ2n) is 4.00. The third kappa shape index (κ3) is 2.64. The summed E-state index contributed by atoms with van der Waals surface area (Å²) in [5.41, 5.74) is 4.83. The van der Waals surface area contributed by atoms with Crippen LogP contribution in [0.4, 0.5) is 13.2 Å². The fourth-order valence-corrected chi connectivity index (χ4v) is 1.93. The molecule has 2 rings (SSSR count). The molecule has 0 aliphatic rings. The van der Waals surface area contributed by atoms with Gasteiger partial charge in [0.05, 0.1) is 5.56 Å². The average Bonchev–Trinajstić information content (AvgIpc) is 2.84. The molecule has 0 saturated carbocycles. The minimum Gasteiger partial charge on any atom is -0.389 e. The maximum absolute atomic E-state index is 12.8. The predicted octanol–water partition coefficient (Wildman–Crippen LogP) is 2.48. The van der Waals surface area contributed by atoms with E-state index in [-0.39, 0.29) is 16.4 Å². The number of hydrogen-bond acceptors (Lipinski definition) is 3. The highest BCUT2D eigenvalue weighted by molar-refractivity contribution is 7.80. The highest BCUT2D eigenvalue weighted by Gasteiger charge is 2.33. The zero-order chi connectivity index (χ0) is 14.9. The van der Waals surface area contributed by atoms with E-state index in [2.05, 4.69) is 9.97 Å². The summed E-state index contributed by atoms with van der Waals surface area (Å²) in [5, 5.41) is 0. The van der Waals surface area contributed by atoms with E-state index >= 15 is 0 Å². The van der Waals surface area contributed by atoms with Crippen molar-refractivity contribution in [3.8, 4) is 5.82 Å². The standard InChI is InChI=1S/C12H11F3N4S/c1-2-9-17-5-6-19(9)11-7(10(16)20)3-4-8(18-11)12(13,14)15/h3-6H,2H2,1H3,(H2,16,20). The van der Waals surface area contributed by atoms with E-state index in [9.17, 15) is 13.2 Å². The van der Waals surface area contributed by atoms with Crippen LogP contribution in [0.3, 0.4) is 0 Å². The maximum Gasteiger partial charge on any atom is 0.433 e. The predicted molar refractivity (Wildman–Crippen MR) is 71.6 cm³/mol. The van der Waals surface area contributed by atoms with Crippen LogP contribution < -0.4 is 5.73 Å². The summed E-state index contributed by atoms with van der Waals surface area (Å²) in [7, 11) is 0. The monoisotopic (exact) mass is 300 g/mol. The lowest BCUT2D eigenvalue weighted by molar-refractivity contribution is -0.141. The van der Waals surface area contributed by atoms with Gasteiger partial charge in [-0.1, -0.05) is 19.1 Å². The lowest BCUT2D eigenvalue weighted by atomic mass is 10.2. The Bertz CT molecular complexity index is 648. The van der Waals surface area contributed by atoms with E-state index in [0.29, 0.717) is 12.2 Å². The molecule has 8 heteroatoms. The number of hydrogen-bond donors (Lipinski definition) is 1. The van der Waals surface area contributed by atoms with E-state index in [0.717, 1.165) is 6.07 Å². The van der Waals surface area contributed by atoms with Crippen LogP contribution in [-0.2, 0) is 12.6 Å². The van der Waals surface area contributed by atoms with Crippen LogP contribution in [0.5, 0.6) is 0 Å². The maximum atomic E-state index is 12.8. The van der Waals surface area contributed by atoms with Crippen LogP contribution in [0.25, 0.3) is 5.82 Å². The van der Waals surface area contributed by atoms with Crippen molar-refractivity contribution in [2.45, 2.75) is 19.5 Å². The molecule has 0 fully saturated rings. The molecule has 0 atom stereocenters. The number of alkyl halides is 3. The second kappa shape index (κ2) is 5.20. The molecule has 0 aromatic carbocycles. The van der Waals surface area contributed by atoms with Crippen molar-refractivity contribution in [3.05, 3.63) is 41.6 Å². The Hall–Kier alpha value is -1.96. The van der Waals surface area contributed by atoms with Gasteiger partial charge in [0.25, 0.3) is 0 Å². The molecule has 0 spiro atoms. The number of aryl methyl sites for hydroxylation is 1. The van der Waals surface area contributed by atoms with Crippen molar-refractivity contribution in [2.24, 2.45) is 5.73 Å². The summed E-state index contributed by atoms with van der Waals surface area (Å²) in [6, 6.07) is 2.09. The van der Waals surface area contributed by atoms with Crippen LogP contribution in [-0.4, -0.2) is 19.5 Å². The number of nitrogens with zero attached hydrogens (tertiary/aromatic N) is 3. The summed E-state index contributed by atoms with van der Waals surface area (Å²) >= 11 is 4.86. The number of imidazole rings is 1. The Labute approximate surface area is 118 Å². The largest absolute Gasteiger partial charge is 0.433 e. The van der Waals surface area contributed by atoms with Gasteiger partial charge in [0.2, 0.25) is 0 Å². The topological polar surface area (TPSA) is 56.7 Å². The summed E-state index contributed by atoms with van der Waals surface area (Å²) < 4.78 is 39.8. The molecule has 0 bridgehead atoms. The molecular formula is C12H11F3N4S. The third-order valence-corrected chi connectivity index (χ3v) is 2.91. The van der Waals surface area contributed by atoms with Crippen LogP contribution in [0, 0.1) is 0 Å². The minimum absolute atomic E-state index is 0.0167. The highest BCUT2D eigenvalue weighted by Crippen LogP contribution is 2.29. The molecule has 0 amide bonds. The smallest absolute Gasteiger partial charge is 0.389 e. The molecule has 20 heavy (non-hydrogen) atoms. The lowest BCUT2D eigenvalue weighted by Gasteiger charge is -2.13. The molecule has 106 valence electrons. The first-order chi connectivity index (χ1) is 9.34. The molecule has 0 radical (unpaired) electrons. The van der Waals surface area contributed by atoms with Gasteiger partial charge in [-0.05, 0) is 12.1 Å². The average molecular weight is 300 g/mol. The number of aromatic nitrogens is 3. The quantitative estimate of drug-likeness (QED) is 0.885. The molecule has 2 aromatic rings. The van der Waals surface area contributed by atoms with Crippen molar-refractivity contribution in [1.29, 1.82) is 0 Å². The van der Waals surface area contributed by atoms with E-state index in [1.807, 2.05) is 6.92 Å². The molecule has 2 heterocycles. The molecule has 0 unspecified atom stereocenters. The van der Waals surface area contributed by atoms with Gasteiger partial charge in [0.1, 0.15) is 22.3 Å². The molecule has 0 saturated heterocycles. The summed E-state index contributed by atoms with van der Waals surface area (Å²) in [5.74, 6) is 0.621. The first kappa shape index (κ1) is 14.4. The number of halogens is 3. The van der Waals surface area contributed by atoms with Gasteiger partial charge in [0.15, 0.2) is 0 Å². The van der Waals surface area contributed by atoms with E-state index in [4.69, 9.17) is 18.0 Å². The van der Waals surface area contributed by atoms with Gasteiger partial charge in [0, 0.05) is 18.8 Å².